The number of hydrogen-bond acceptors (Lipinski definition) is 4. The van der Waals surface area contributed by atoms with E-state index in [9.17, 15) is 14.5 Å². The van der Waals surface area contributed by atoms with Crippen molar-refractivity contribution < 1.29 is 9.31 Å². The summed E-state index contributed by atoms with van der Waals surface area (Å²) in [7, 11) is 1.94. The topological polar surface area (TPSA) is 58.4 Å². The molecule has 0 aliphatic carbocycles. The summed E-state index contributed by atoms with van der Waals surface area (Å²) >= 11 is 0. The predicted molar refractivity (Wildman–Crippen MR) is 73.0 cm³/mol. The molecule has 1 saturated heterocycles. The van der Waals surface area contributed by atoms with Gasteiger partial charge in [0.05, 0.1) is 11.0 Å². The van der Waals surface area contributed by atoms with E-state index in [4.69, 9.17) is 0 Å². The average molecular weight is 290 g/mol. The lowest BCUT2D eigenvalue weighted by Crippen LogP contribution is -2.33. The smallest absolute Gasteiger partial charge is 0.272 e. The van der Waals surface area contributed by atoms with Crippen molar-refractivity contribution in [2.45, 2.75) is 19.0 Å². The largest absolute Gasteiger partial charge is 0.315 e. The number of nitro groups is 1. The molecule has 2 rings (SSSR count). The summed E-state index contributed by atoms with van der Waals surface area (Å²) in [6, 6.07) is 4.22. The summed E-state index contributed by atoms with van der Waals surface area (Å²) in [4.78, 5) is 12.0. The van der Waals surface area contributed by atoms with E-state index in [2.05, 4.69) is 10.2 Å². The number of rotatable bonds is 4. The number of nitrogens with zero attached hydrogens (tertiary/aromatic N) is 2. The number of benzene rings is 1. The third-order valence-electron chi connectivity index (χ3n) is 3.32. The minimum atomic E-state index is -0.586. The molecule has 0 radical (unpaired) electrons. The lowest BCUT2D eigenvalue weighted by molar-refractivity contribution is -0.385. The van der Waals surface area contributed by atoms with Gasteiger partial charge in [0, 0.05) is 30.8 Å². The third-order valence-corrected chi connectivity index (χ3v) is 3.32. The highest BCUT2D eigenvalue weighted by Crippen LogP contribution is 2.19. The highest BCUT2D eigenvalue weighted by atomic mass is 35.5. The van der Waals surface area contributed by atoms with Gasteiger partial charge in [-0.2, -0.15) is 0 Å². The van der Waals surface area contributed by atoms with Gasteiger partial charge in [0.25, 0.3) is 5.69 Å². The van der Waals surface area contributed by atoms with E-state index in [0.29, 0.717) is 18.2 Å². The van der Waals surface area contributed by atoms with E-state index in [0.717, 1.165) is 25.6 Å². The van der Waals surface area contributed by atoms with Crippen molar-refractivity contribution in [1.82, 2.24) is 10.2 Å². The zero-order valence-electron chi connectivity index (χ0n) is 10.6. The zero-order chi connectivity index (χ0) is 13.1. The molecule has 0 aromatic heterocycles. The molecule has 1 aromatic rings. The molecule has 106 valence electrons. The Kier molecular flexibility index (Phi) is 5.65. The SMILES string of the molecule is CN(Cc1ccc([N+](=O)[O-])cc1F)C1CCNC1.Cl. The number of non-ortho nitro benzene ring substituents is 1. The second-order valence-electron chi connectivity index (χ2n) is 4.59. The van der Waals surface area contributed by atoms with E-state index < -0.39 is 10.7 Å². The molecule has 7 heteroatoms. The van der Waals surface area contributed by atoms with Crippen LogP contribution in [0.1, 0.15) is 12.0 Å². The van der Waals surface area contributed by atoms with Crippen LogP contribution >= 0.6 is 12.4 Å². The number of nitro benzene ring substituents is 1. The maximum atomic E-state index is 13.7. The normalized spacial score (nSPS) is 18.4. The molecule has 1 N–H and O–H groups in total. The average Bonchev–Trinajstić information content (AvgIpc) is 2.85. The Morgan fingerprint density at radius 3 is 2.84 bits per heavy atom. The molecular weight excluding hydrogens is 273 g/mol. The van der Waals surface area contributed by atoms with Gasteiger partial charge in [-0.15, -0.1) is 12.4 Å². The van der Waals surface area contributed by atoms with Crippen LogP contribution in [0.4, 0.5) is 10.1 Å². The minimum absolute atomic E-state index is 0. The second kappa shape index (κ2) is 6.79. The first-order valence-electron chi connectivity index (χ1n) is 5.91. The fourth-order valence-corrected chi connectivity index (χ4v) is 2.19. The molecule has 0 amide bonds. The van der Waals surface area contributed by atoms with Crippen LogP contribution in [0.2, 0.25) is 0 Å². The molecule has 5 nitrogen and oxygen atoms in total. The molecule has 1 atom stereocenters. The van der Waals surface area contributed by atoms with Crippen molar-refractivity contribution in [2.24, 2.45) is 0 Å². The maximum Gasteiger partial charge on any atom is 0.272 e. The number of likely N-dealkylation sites (N-methyl/N-ethyl adjacent to an activating group) is 1. The third kappa shape index (κ3) is 3.86. The summed E-state index contributed by atoms with van der Waals surface area (Å²) in [6.07, 6.45) is 1.05. The van der Waals surface area contributed by atoms with Gasteiger partial charge in [0.2, 0.25) is 0 Å². The molecule has 19 heavy (non-hydrogen) atoms. The van der Waals surface area contributed by atoms with Crippen LogP contribution in [-0.2, 0) is 6.54 Å². The van der Waals surface area contributed by atoms with Gasteiger partial charge < -0.3 is 5.32 Å². The molecule has 0 spiro atoms. The molecule has 1 aromatic carbocycles. The maximum absolute atomic E-state index is 13.7. The fraction of sp³-hybridized carbons (Fsp3) is 0.500. The number of halogens is 2. The van der Waals surface area contributed by atoms with Gasteiger partial charge >= 0.3 is 0 Å². The van der Waals surface area contributed by atoms with Gasteiger partial charge in [-0.3, -0.25) is 15.0 Å². The summed E-state index contributed by atoms with van der Waals surface area (Å²) in [5, 5.41) is 13.8. The van der Waals surface area contributed by atoms with Crippen LogP contribution in [0.3, 0.4) is 0 Å². The second-order valence-corrected chi connectivity index (χ2v) is 4.59. The summed E-state index contributed by atoms with van der Waals surface area (Å²) in [5.74, 6) is -0.512. The van der Waals surface area contributed by atoms with Crippen molar-refractivity contribution in [3.8, 4) is 0 Å². The lowest BCUT2D eigenvalue weighted by Gasteiger charge is -2.23. The Bertz CT molecular complexity index is 453. The van der Waals surface area contributed by atoms with Crippen LogP contribution in [0, 0.1) is 15.9 Å². The Labute approximate surface area is 117 Å². The summed E-state index contributed by atoms with van der Waals surface area (Å²) in [6.45, 7) is 2.36. The van der Waals surface area contributed by atoms with Crippen molar-refractivity contribution in [3.63, 3.8) is 0 Å². The van der Waals surface area contributed by atoms with Crippen molar-refractivity contribution >= 4 is 18.1 Å². The molecule has 1 aliphatic heterocycles. The monoisotopic (exact) mass is 289 g/mol. The molecule has 1 fully saturated rings. The first-order valence-corrected chi connectivity index (χ1v) is 5.91. The molecule has 1 unspecified atom stereocenters. The van der Waals surface area contributed by atoms with Crippen LogP contribution in [0.15, 0.2) is 18.2 Å². The van der Waals surface area contributed by atoms with Crippen molar-refractivity contribution in [1.29, 1.82) is 0 Å². The van der Waals surface area contributed by atoms with E-state index in [1.165, 1.54) is 12.1 Å². The van der Waals surface area contributed by atoms with E-state index in [-0.39, 0.29) is 18.1 Å². The molecule has 0 saturated carbocycles. The highest BCUT2D eigenvalue weighted by molar-refractivity contribution is 5.85. The summed E-state index contributed by atoms with van der Waals surface area (Å²) < 4.78 is 13.7. The van der Waals surface area contributed by atoms with Crippen molar-refractivity contribution in [2.75, 3.05) is 20.1 Å². The van der Waals surface area contributed by atoms with Crippen LogP contribution in [-0.4, -0.2) is 36.0 Å². The van der Waals surface area contributed by atoms with Crippen molar-refractivity contribution in [3.05, 3.63) is 39.7 Å². The number of hydrogen-bond donors (Lipinski definition) is 1. The standard InChI is InChI=1S/C12H16FN3O2.ClH/c1-15(11-4-5-14-7-11)8-9-2-3-10(16(17)18)6-12(9)13;/h2-3,6,11,14H,4-5,7-8H2,1H3;1H. The quantitative estimate of drug-likeness (QED) is 0.680. The zero-order valence-corrected chi connectivity index (χ0v) is 11.5. The molecule has 0 bridgehead atoms. The van der Waals surface area contributed by atoms with Gasteiger partial charge in [0.15, 0.2) is 0 Å². The molecule has 1 aliphatic rings. The highest BCUT2D eigenvalue weighted by Gasteiger charge is 2.20. The number of nitrogens with one attached hydrogen (secondary N) is 1. The fourth-order valence-electron chi connectivity index (χ4n) is 2.19. The van der Waals surface area contributed by atoms with E-state index in [1.54, 1.807) is 0 Å². The Balaban J connectivity index is 0.00000180. The molecule has 1 heterocycles. The van der Waals surface area contributed by atoms with Crippen LogP contribution in [0.5, 0.6) is 0 Å². The van der Waals surface area contributed by atoms with Gasteiger partial charge in [-0.1, -0.05) is 0 Å². The van der Waals surface area contributed by atoms with E-state index in [1.807, 2.05) is 7.05 Å². The Hall–Kier alpha value is -1.24. The van der Waals surface area contributed by atoms with Gasteiger partial charge in [-0.25, -0.2) is 4.39 Å². The van der Waals surface area contributed by atoms with Gasteiger partial charge in [0.1, 0.15) is 5.82 Å². The predicted octanol–water partition coefficient (Wildman–Crippen LogP) is 1.95. The van der Waals surface area contributed by atoms with Crippen LogP contribution < -0.4 is 5.32 Å². The molecular formula is C12H17ClFN3O2. The minimum Gasteiger partial charge on any atom is -0.315 e. The Morgan fingerprint density at radius 2 is 2.32 bits per heavy atom. The van der Waals surface area contributed by atoms with Crippen LogP contribution in [0.25, 0.3) is 0 Å². The Morgan fingerprint density at radius 1 is 1.58 bits per heavy atom. The summed E-state index contributed by atoms with van der Waals surface area (Å²) in [5.41, 5.74) is 0.288. The first-order chi connectivity index (χ1) is 8.58. The first kappa shape index (κ1) is 15.8. The lowest BCUT2D eigenvalue weighted by atomic mass is 10.1. The van der Waals surface area contributed by atoms with E-state index >= 15 is 0 Å². The van der Waals surface area contributed by atoms with Gasteiger partial charge in [-0.05, 0) is 26.1 Å².